The lowest BCUT2D eigenvalue weighted by Gasteiger charge is -2.42. The normalized spacial score (nSPS) is 42.6. The van der Waals surface area contributed by atoms with Crippen LogP contribution in [0.5, 0.6) is 0 Å². The number of fused-ring (bicyclic) bond motifs is 2. The van der Waals surface area contributed by atoms with E-state index in [-0.39, 0.29) is 0 Å². The molecule has 3 N–H and O–H groups in total. The Bertz CT molecular complexity index is 428. The molecule has 0 aromatic rings. The van der Waals surface area contributed by atoms with Gasteiger partial charge in [0, 0.05) is 5.41 Å². The smallest absolute Gasteiger partial charge is 0.408 e. The summed E-state index contributed by atoms with van der Waals surface area (Å²) in [4.78, 5) is 12.1. The van der Waals surface area contributed by atoms with E-state index in [9.17, 15) is 15.0 Å². The lowest BCUT2D eigenvalue weighted by molar-refractivity contribution is -0.0598. The van der Waals surface area contributed by atoms with Crippen molar-refractivity contribution in [1.29, 1.82) is 0 Å². The Kier molecular flexibility index (Phi) is 3.20. The van der Waals surface area contributed by atoms with E-state index in [1.807, 2.05) is 20.8 Å². The summed E-state index contributed by atoms with van der Waals surface area (Å²) in [5, 5.41) is 23.7. The van der Waals surface area contributed by atoms with Crippen LogP contribution in [0.4, 0.5) is 4.79 Å². The Morgan fingerprint density at radius 3 is 2.10 bits per heavy atom. The largest absolute Gasteiger partial charge is 0.444 e. The molecule has 0 radical (unpaired) electrons. The molecule has 2 saturated carbocycles. The number of rotatable bonds is 1. The maximum absolute atomic E-state index is 12.1. The van der Waals surface area contributed by atoms with Crippen LogP contribution in [-0.4, -0.2) is 39.7 Å². The summed E-state index contributed by atoms with van der Waals surface area (Å²) in [6.07, 6.45) is -0.921. The molecule has 0 saturated heterocycles. The van der Waals surface area contributed by atoms with Gasteiger partial charge in [0.2, 0.25) is 0 Å². The zero-order valence-corrected chi connectivity index (χ0v) is 13.3. The molecule has 0 aromatic heterocycles. The maximum Gasteiger partial charge on any atom is 0.408 e. The predicted molar refractivity (Wildman–Crippen MR) is 75.2 cm³/mol. The Balaban J connectivity index is 2.28. The number of ether oxygens (including phenoxy) is 1. The number of alkyl carbamates (subject to hydrolysis) is 1. The van der Waals surface area contributed by atoms with Gasteiger partial charge >= 0.3 is 6.09 Å². The molecule has 1 amide bonds. The molecule has 0 spiro atoms. The van der Waals surface area contributed by atoms with Gasteiger partial charge in [-0.3, -0.25) is 0 Å². The predicted octanol–water partition coefficient (Wildman–Crippen LogP) is 1.81. The van der Waals surface area contributed by atoms with Gasteiger partial charge in [0.15, 0.2) is 0 Å². The van der Waals surface area contributed by atoms with Gasteiger partial charge in [0.1, 0.15) is 11.7 Å². The first-order valence-electron chi connectivity index (χ1n) is 7.25. The first-order chi connectivity index (χ1) is 8.87. The van der Waals surface area contributed by atoms with Crippen LogP contribution < -0.4 is 5.32 Å². The Morgan fingerprint density at radius 2 is 1.70 bits per heavy atom. The molecule has 0 aromatic carbocycles. The highest BCUT2D eigenvalue weighted by Crippen LogP contribution is 2.67. The van der Waals surface area contributed by atoms with Gasteiger partial charge in [0.05, 0.1) is 11.6 Å². The molecule has 4 atom stereocenters. The van der Waals surface area contributed by atoms with E-state index < -0.39 is 40.3 Å². The van der Waals surface area contributed by atoms with Gasteiger partial charge < -0.3 is 20.3 Å². The summed E-state index contributed by atoms with van der Waals surface area (Å²) in [7, 11) is 0. The molecule has 0 heterocycles. The Morgan fingerprint density at radius 1 is 1.15 bits per heavy atom. The molecule has 116 valence electrons. The molecule has 2 rings (SSSR count). The van der Waals surface area contributed by atoms with E-state index in [0.717, 1.165) is 6.42 Å². The highest BCUT2D eigenvalue weighted by molar-refractivity contribution is 5.69. The van der Waals surface area contributed by atoms with Crippen molar-refractivity contribution in [3.05, 3.63) is 0 Å². The lowest BCUT2D eigenvalue weighted by atomic mass is 9.68. The third-order valence-electron chi connectivity index (χ3n) is 5.76. The zero-order valence-electron chi connectivity index (χ0n) is 13.3. The third-order valence-corrected chi connectivity index (χ3v) is 5.76. The lowest BCUT2D eigenvalue weighted by Crippen LogP contribution is -2.61. The molecular weight excluding hydrogens is 258 g/mol. The van der Waals surface area contributed by atoms with Crippen LogP contribution in [0.1, 0.15) is 54.4 Å². The van der Waals surface area contributed by atoms with Crippen LogP contribution in [-0.2, 0) is 4.74 Å². The second kappa shape index (κ2) is 4.10. The fraction of sp³-hybridized carbons (Fsp3) is 0.933. The van der Waals surface area contributed by atoms with Gasteiger partial charge in [-0.2, -0.15) is 0 Å². The van der Waals surface area contributed by atoms with E-state index >= 15 is 0 Å². The summed E-state index contributed by atoms with van der Waals surface area (Å²) >= 11 is 0. The second-order valence-corrected chi connectivity index (χ2v) is 8.03. The van der Waals surface area contributed by atoms with Crippen molar-refractivity contribution in [1.82, 2.24) is 5.32 Å². The molecule has 0 aliphatic heterocycles. The highest BCUT2D eigenvalue weighted by atomic mass is 16.6. The van der Waals surface area contributed by atoms with Crippen LogP contribution in [0, 0.1) is 10.8 Å². The number of hydrogen-bond acceptors (Lipinski definition) is 4. The second-order valence-electron chi connectivity index (χ2n) is 8.03. The van der Waals surface area contributed by atoms with E-state index in [4.69, 9.17) is 4.74 Å². The number of carbonyl (C=O) groups is 1. The maximum atomic E-state index is 12.1. The molecule has 5 nitrogen and oxygen atoms in total. The van der Waals surface area contributed by atoms with Crippen molar-refractivity contribution < 1.29 is 19.7 Å². The van der Waals surface area contributed by atoms with E-state index in [1.54, 1.807) is 20.8 Å². The SMILES string of the molecule is CC(C)(C)OC(=O)N[C@]12CC[C@](C)([C@@H](O)[C@@H]1O)C2(C)C. The summed E-state index contributed by atoms with van der Waals surface area (Å²) in [5.74, 6) is 0. The third kappa shape index (κ3) is 1.79. The average Bonchev–Trinajstić information content (AvgIpc) is 2.50. The van der Waals surface area contributed by atoms with Gasteiger partial charge in [-0.05, 0) is 39.0 Å². The standard InChI is InChI=1S/C15H27NO4/c1-12(2,3)20-11(19)16-15-8-7-14(6,13(15,4)5)9(17)10(15)18/h9-10,17-18H,7-8H2,1-6H3,(H,16,19)/t9-,10-,14+,15+/m0/s1. The zero-order chi connectivity index (χ0) is 15.6. The van der Waals surface area contributed by atoms with Crippen LogP contribution in [0.3, 0.4) is 0 Å². The highest BCUT2D eigenvalue weighted by Gasteiger charge is 2.74. The average molecular weight is 285 g/mol. The number of amides is 1. The fourth-order valence-corrected chi connectivity index (χ4v) is 4.02. The minimum absolute atomic E-state index is 0.401. The van der Waals surface area contributed by atoms with Gasteiger partial charge in [0.25, 0.3) is 0 Å². The molecule has 2 aliphatic carbocycles. The molecule has 2 aliphatic rings. The number of aliphatic hydroxyl groups is 2. The fourth-order valence-electron chi connectivity index (χ4n) is 4.02. The van der Waals surface area contributed by atoms with Crippen molar-refractivity contribution in [2.24, 2.45) is 10.8 Å². The van der Waals surface area contributed by atoms with E-state index in [0.29, 0.717) is 6.42 Å². The number of carbonyl (C=O) groups excluding carboxylic acids is 1. The number of nitrogens with one attached hydrogen (secondary N) is 1. The van der Waals surface area contributed by atoms with Crippen LogP contribution in [0.2, 0.25) is 0 Å². The first kappa shape index (κ1) is 15.6. The van der Waals surface area contributed by atoms with Crippen molar-refractivity contribution in [2.45, 2.75) is 77.7 Å². The quantitative estimate of drug-likeness (QED) is 0.686. The van der Waals surface area contributed by atoms with Crippen LogP contribution >= 0.6 is 0 Å². The molecule has 5 heteroatoms. The molecule has 2 fully saturated rings. The van der Waals surface area contributed by atoms with Gasteiger partial charge in [-0.15, -0.1) is 0 Å². The van der Waals surface area contributed by atoms with Gasteiger partial charge in [-0.25, -0.2) is 4.79 Å². The molecule has 2 bridgehead atoms. The summed E-state index contributed by atoms with van der Waals surface area (Å²) in [5.41, 5.74) is -2.23. The first-order valence-corrected chi connectivity index (χ1v) is 7.25. The van der Waals surface area contributed by atoms with Crippen LogP contribution in [0.25, 0.3) is 0 Å². The van der Waals surface area contributed by atoms with Crippen molar-refractivity contribution in [2.75, 3.05) is 0 Å². The Hall–Kier alpha value is -0.810. The topological polar surface area (TPSA) is 78.8 Å². The molecule has 0 unspecified atom stereocenters. The van der Waals surface area contributed by atoms with Crippen molar-refractivity contribution in [3.63, 3.8) is 0 Å². The minimum atomic E-state index is -0.969. The monoisotopic (exact) mass is 285 g/mol. The number of hydrogen-bond donors (Lipinski definition) is 3. The molecular formula is C15H27NO4. The van der Waals surface area contributed by atoms with Crippen LogP contribution in [0.15, 0.2) is 0 Å². The number of aliphatic hydroxyl groups excluding tert-OH is 2. The summed E-state index contributed by atoms with van der Waals surface area (Å²) in [6, 6.07) is 0. The van der Waals surface area contributed by atoms with E-state index in [2.05, 4.69) is 5.32 Å². The van der Waals surface area contributed by atoms with Gasteiger partial charge in [-0.1, -0.05) is 20.8 Å². The van der Waals surface area contributed by atoms with Crippen molar-refractivity contribution in [3.8, 4) is 0 Å². The van der Waals surface area contributed by atoms with E-state index in [1.165, 1.54) is 0 Å². The van der Waals surface area contributed by atoms with Crippen molar-refractivity contribution >= 4 is 6.09 Å². The summed E-state index contributed by atoms with van der Waals surface area (Å²) in [6.45, 7) is 11.4. The Labute approximate surface area is 120 Å². The molecule has 20 heavy (non-hydrogen) atoms. The summed E-state index contributed by atoms with van der Waals surface area (Å²) < 4.78 is 5.31. The minimum Gasteiger partial charge on any atom is -0.444 e.